The molecule has 0 amide bonds. The first-order valence-electron chi connectivity index (χ1n) is 4.69. The van der Waals surface area contributed by atoms with Gasteiger partial charge in [-0.05, 0) is 35.0 Å². The van der Waals surface area contributed by atoms with Crippen LogP contribution in [0.3, 0.4) is 0 Å². The predicted molar refractivity (Wildman–Crippen MR) is 64.9 cm³/mol. The molecule has 3 nitrogen and oxygen atoms in total. The summed E-state index contributed by atoms with van der Waals surface area (Å²) in [4.78, 5) is 11.5. The molecule has 2 aromatic carbocycles. The van der Waals surface area contributed by atoms with E-state index in [1.54, 1.807) is 18.2 Å². The van der Waals surface area contributed by atoms with Gasteiger partial charge in [-0.15, -0.1) is 0 Å². The van der Waals surface area contributed by atoms with Gasteiger partial charge in [-0.2, -0.15) is 0 Å². The van der Waals surface area contributed by atoms with Crippen molar-refractivity contribution in [1.29, 1.82) is 0 Å². The molecule has 16 heavy (non-hydrogen) atoms. The first-order valence-corrected chi connectivity index (χ1v) is 5.05. The fourth-order valence-electron chi connectivity index (χ4n) is 1.61. The third-order valence-electron chi connectivity index (χ3n) is 2.36. The molecule has 0 fully saturated rings. The van der Waals surface area contributed by atoms with E-state index in [0.717, 1.165) is 10.8 Å². The molecule has 0 aliphatic rings. The third-order valence-corrected chi connectivity index (χ3v) is 2.57. The lowest BCUT2D eigenvalue weighted by Gasteiger charge is -2.05. The molecule has 0 aliphatic heterocycles. The van der Waals surface area contributed by atoms with Crippen LogP contribution in [0.5, 0.6) is 5.75 Å². The van der Waals surface area contributed by atoms with E-state index in [-0.39, 0.29) is 5.97 Å². The Hall–Kier alpha value is -1.68. The Kier molecular flexibility index (Phi) is 3.01. The third kappa shape index (κ3) is 1.84. The molecule has 0 atom stereocenters. The van der Waals surface area contributed by atoms with E-state index < -0.39 is 0 Å². The number of esters is 1. The smallest absolute Gasteiger partial charge is 0.338 e. The molecule has 0 aromatic heterocycles. The highest BCUT2D eigenvalue weighted by atomic mass is 32.1. The topological polar surface area (TPSA) is 35.5 Å². The molecule has 0 saturated heterocycles. The van der Waals surface area contributed by atoms with Crippen molar-refractivity contribution >= 4 is 29.7 Å². The average Bonchev–Trinajstić information content (AvgIpc) is 2.36. The van der Waals surface area contributed by atoms with Gasteiger partial charge in [-0.1, -0.05) is 12.1 Å². The Labute approximate surface area is 98.6 Å². The van der Waals surface area contributed by atoms with Crippen LogP contribution in [0.4, 0.5) is 0 Å². The summed E-state index contributed by atoms with van der Waals surface area (Å²) in [6.07, 6.45) is 0. The maximum absolute atomic E-state index is 11.5. The van der Waals surface area contributed by atoms with E-state index in [0.29, 0.717) is 11.3 Å². The number of methoxy groups -OCH3 is 1. The second-order valence-corrected chi connectivity index (χ2v) is 3.45. The lowest BCUT2D eigenvalue weighted by atomic mass is 10.0. The number of benzene rings is 2. The van der Waals surface area contributed by atoms with Crippen molar-refractivity contribution in [2.45, 2.75) is 0 Å². The molecule has 2 aromatic rings. The Balaban J connectivity index is 2.65. The van der Waals surface area contributed by atoms with E-state index >= 15 is 0 Å². The summed E-state index contributed by atoms with van der Waals surface area (Å²) in [5.74, 6) is 0.294. The molecule has 2 rings (SSSR count). The fourth-order valence-corrected chi connectivity index (χ4v) is 1.72. The maximum Gasteiger partial charge on any atom is 0.338 e. The van der Waals surface area contributed by atoms with Gasteiger partial charge in [0.05, 0.1) is 12.7 Å². The van der Waals surface area contributed by atoms with Gasteiger partial charge in [0.25, 0.3) is 0 Å². The minimum absolute atomic E-state index is 0.342. The van der Waals surface area contributed by atoms with Gasteiger partial charge in [-0.25, -0.2) is 4.79 Å². The lowest BCUT2D eigenvalue weighted by molar-refractivity contribution is 0.0603. The summed E-state index contributed by atoms with van der Waals surface area (Å²) >= 11 is 3.73. The molecule has 0 bridgehead atoms. The number of ether oxygens (including phenoxy) is 1. The average molecular weight is 234 g/mol. The van der Waals surface area contributed by atoms with Crippen LogP contribution in [0.2, 0.25) is 0 Å². The van der Waals surface area contributed by atoms with Crippen LogP contribution in [0.25, 0.3) is 10.8 Å². The van der Waals surface area contributed by atoms with Crippen molar-refractivity contribution in [1.82, 2.24) is 0 Å². The summed E-state index contributed by atoms with van der Waals surface area (Å²) in [7, 11) is 1.37. The molecule has 0 aliphatic carbocycles. The van der Waals surface area contributed by atoms with Gasteiger partial charge >= 0.3 is 5.97 Å². The summed E-state index contributed by atoms with van der Waals surface area (Å²) in [5, 5.41) is 1.75. The zero-order valence-electron chi connectivity index (χ0n) is 8.64. The van der Waals surface area contributed by atoms with E-state index in [1.165, 1.54) is 7.11 Å². The van der Waals surface area contributed by atoms with Crippen LogP contribution in [-0.2, 0) is 4.74 Å². The van der Waals surface area contributed by atoms with Crippen molar-refractivity contribution in [2.24, 2.45) is 0 Å². The van der Waals surface area contributed by atoms with Crippen molar-refractivity contribution < 1.29 is 13.7 Å². The Bertz CT molecular complexity index is 537. The number of hydrogen-bond donors (Lipinski definition) is 1. The number of carbonyl (C=O) groups is 1. The van der Waals surface area contributed by atoms with Crippen LogP contribution in [0, 0.1) is 0 Å². The molecule has 0 heterocycles. The summed E-state index contributed by atoms with van der Waals surface area (Å²) in [5.41, 5.74) is 0.547. The number of rotatable bonds is 2. The van der Waals surface area contributed by atoms with E-state index in [4.69, 9.17) is 8.92 Å². The number of thiol groups is 1. The van der Waals surface area contributed by atoms with Crippen molar-refractivity contribution in [2.75, 3.05) is 7.11 Å². The van der Waals surface area contributed by atoms with E-state index in [2.05, 4.69) is 12.9 Å². The van der Waals surface area contributed by atoms with Crippen LogP contribution >= 0.6 is 12.9 Å². The van der Waals surface area contributed by atoms with E-state index in [1.807, 2.05) is 18.2 Å². The van der Waals surface area contributed by atoms with Crippen molar-refractivity contribution in [3.05, 3.63) is 42.0 Å². The van der Waals surface area contributed by atoms with Gasteiger partial charge in [0, 0.05) is 12.9 Å². The maximum atomic E-state index is 11.5. The van der Waals surface area contributed by atoms with Gasteiger partial charge in [0.2, 0.25) is 0 Å². The fraction of sp³-hybridized carbons (Fsp3) is 0.0833. The minimum atomic E-state index is -0.342. The highest BCUT2D eigenvalue weighted by Gasteiger charge is 2.09. The van der Waals surface area contributed by atoms with Crippen LogP contribution < -0.4 is 4.18 Å². The monoisotopic (exact) mass is 234 g/mol. The normalized spacial score (nSPS) is 10.1. The molecule has 0 N–H and O–H groups in total. The summed E-state index contributed by atoms with van der Waals surface area (Å²) in [6, 6.07) is 10.8. The second-order valence-electron chi connectivity index (χ2n) is 3.27. The molecule has 0 radical (unpaired) electrons. The SMILES string of the molecule is COC(=O)c1cccc2cc(OS)ccc12. The molecule has 0 spiro atoms. The van der Waals surface area contributed by atoms with Gasteiger partial charge < -0.3 is 8.92 Å². The summed E-state index contributed by atoms with van der Waals surface area (Å²) in [6.45, 7) is 0. The first-order chi connectivity index (χ1) is 7.76. The standard InChI is InChI=1S/C12H10O3S/c1-14-12(13)11-4-2-3-8-7-9(15-16)5-6-10(8)11/h2-7,16H,1H3. The molecule has 0 unspecified atom stereocenters. The van der Waals surface area contributed by atoms with Crippen LogP contribution in [0.1, 0.15) is 10.4 Å². The van der Waals surface area contributed by atoms with Crippen LogP contribution in [0.15, 0.2) is 36.4 Å². The molecule has 82 valence electrons. The van der Waals surface area contributed by atoms with E-state index in [9.17, 15) is 4.79 Å². The predicted octanol–water partition coefficient (Wildman–Crippen LogP) is 2.85. The molecular weight excluding hydrogens is 224 g/mol. The van der Waals surface area contributed by atoms with Crippen LogP contribution in [-0.4, -0.2) is 13.1 Å². The zero-order valence-corrected chi connectivity index (χ0v) is 9.53. The zero-order chi connectivity index (χ0) is 11.5. The van der Waals surface area contributed by atoms with Crippen molar-refractivity contribution in [3.63, 3.8) is 0 Å². The molecule has 0 saturated carbocycles. The van der Waals surface area contributed by atoms with Gasteiger partial charge in [0.1, 0.15) is 5.75 Å². The Morgan fingerprint density at radius 1 is 1.25 bits per heavy atom. The lowest BCUT2D eigenvalue weighted by Crippen LogP contribution is -2.01. The molecular formula is C12H10O3S. The molecule has 4 heteroatoms. The number of hydrogen-bond acceptors (Lipinski definition) is 4. The largest absolute Gasteiger partial charge is 0.465 e. The first kappa shape index (κ1) is 10.8. The van der Waals surface area contributed by atoms with Crippen molar-refractivity contribution in [3.8, 4) is 5.75 Å². The Morgan fingerprint density at radius 3 is 2.75 bits per heavy atom. The van der Waals surface area contributed by atoms with Gasteiger partial charge in [-0.3, -0.25) is 0 Å². The highest BCUT2D eigenvalue weighted by molar-refractivity contribution is 7.75. The quantitative estimate of drug-likeness (QED) is 0.493. The summed E-state index contributed by atoms with van der Waals surface area (Å²) < 4.78 is 9.54. The number of fused-ring (bicyclic) bond motifs is 1. The highest BCUT2D eigenvalue weighted by Crippen LogP contribution is 2.24. The Morgan fingerprint density at radius 2 is 2.06 bits per heavy atom. The van der Waals surface area contributed by atoms with Gasteiger partial charge in [0.15, 0.2) is 0 Å². The number of carbonyl (C=O) groups excluding carboxylic acids is 1. The second kappa shape index (κ2) is 4.45. The minimum Gasteiger partial charge on any atom is -0.465 e.